The second-order valence-corrected chi connectivity index (χ2v) is 7.26. The maximum Gasteiger partial charge on any atom is 0.224 e. The monoisotopic (exact) mass is 399 g/mol. The normalized spacial score (nSPS) is 10.8. The smallest absolute Gasteiger partial charge is 0.224 e. The molecule has 0 fully saturated rings. The second-order valence-electron chi connectivity index (χ2n) is 7.26. The van der Waals surface area contributed by atoms with Crippen LogP contribution >= 0.6 is 0 Å². The first-order valence-corrected chi connectivity index (χ1v) is 10.2. The lowest BCUT2D eigenvalue weighted by atomic mass is 10.1. The van der Waals surface area contributed by atoms with Crippen LogP contribution < -0.4 is 10.1 Å². The molecule has 5 heteroatoms. The zero-order valence-electron chi connectivity index (χ0n) is 17.0. The van der Waals surface area contributed by atoms with Crippen molar-refractivity contribution in [1.29, 1.82) is 0 Å². The number of H-pyrrole nitrogens is 1. The summed E-state index contributed by atoms with van der Waals surface area (Å²) < 4.78 is 5.25. The molecule has 0 spiro atoms. The number of nitrogens with zero attached hydrogens (tertiary/aromatic N) is 1. The average Bonchev–Trinajstić information content (AvgIpc) is 3.20. The summed E-state index contributed by atoms with van der Waals surface area (Å²) in [6.07, 6.45) is 2.67. The molecule has 0 aliphatic heterocycles. The standard InChI is InChI=1S/C25H25N3O2/c1-30-20-9-6-7-18(17-20)13-16-25(29)28-21-10-3-2-8-19(21)14-15-24-26-22-11-4-5-12-23(22)27-24/h2-12,17H,13-16H2,1H3,(H,26,27)(H,28,29). The Kier molecular flexibility index (Phi) is 6.09. The van der Waals surface area contributed by atoms with Crippen LogP contribution in [0.1, 0.15) is 23.4 Å². The number of anilines is 1. The first-order chi connectivity index (χ1) is 14.7. The SMILES string of the molecule is COc1cccc(CCC(=O)Nc2ccccc2CCc2nc3ccccc3[nH]2)c1. The Morgan fingerprint density at radius 1 is 0.967 bits per heavy atom. The summed E-state index contributed by atoms with van der Waals surface area (Å²) in [6, 6.07) is 23.8. The molecule has 0 bridgehead atoms. The second kappa shape index (κ2) is 9.27. The largest absolute Gasteiger partial charge is 0.497 e. The van der Waals surface area contributed by atoms with E-state index in [1.807, 2.05) is 66.7 Å². The fourth-order valence-electron chi connectivity index (χ4n) is 3.54. The van der Waals surface area contributed by atoms with Crippen LogP contribution in [0.4, 0.5) is 5.69 Å². The Morgan fingerprint density at radius 2 is 1.80 bits per heavy atom. The molecule has 0 saturated heterocycles. The molecule has 2 N–H and O–H groups in total. The summed E-state index contributed by atoms with van der Waals surface area (Å²) in [5, 5.41) is 3.07. The molecule has 0 atom stereocenters. The molecule has 0 unspecified atom stereocenters. The van der Waals surface area contributed by atoms with E-state index in [4.69, 9.17) is 4.74 Å². The van der Waals surface area contributed by atoms with Crippen molar-refractivity contribution in [2.24, 2.45) is 0 Å². The molecule has 4 rings (SSSR count). The Labute approximate surface area is 176 Å². The van der Waals surface area contributed by atoms with Crippen LogP contribution in [0.15, 0.2) is 72.8 Å². The molecule has 5 nitrogen and oxygen atoms in total. The summed E-state index contributed by atoms with van der Waals surface area (Å²) in [6.45, 7) is 0. The van der Waals surface area contributed by atoms with Gasteiger partial charge in [0, 0.05) is 18.5 Å². The fraction of sp³-hybridized carbons (Fsp3) is 0.200. The summed E-state index contributed by atoms with van der Waals surface area (Å²) in [4.78, 5) is 20.5. The number of hydrogen-bond acceptors (Lipinski definition) is 3. The molecule has 0 radical (unpaired) electrons. The number of aryl methyl sites for hydroxylation is 3. The molecule has 152 valence electrons. The zero-order valence-corrected chi connectivity index (χ0v) is 17.0. The Balaban J connectivity index is 1.36. The molecule has 30 heavy (non-hydrogen) atoms. The van der Waals surface area contributed by atoms with Crippen LogP contribution in [0.25, 0.3) is 11.0 Å². The van der Waals surface area contributed by atoms with Crippen molar-refractivity contribution in [2.45, 2.75) is 25.7 Å². The number of hydrogen-bond donors (Lipinski definition) is 2. The van der Waals surface area contributed by atoms with E-state index >= 15 is 0 Å². The lowest BCUT2D eigenvalue weighted by Crippen LogP contribution is -2.14. The average molecular weight is 399 g/mol. The molecular formula is C25H25N3O2. The molecule has 0 aliphatic carbocycles. The van der Waals surface area contributed by atoms with E-state index in [0.717, 1.165) is 52.3 Å². The first kappa shape index (κ1) is 19.7. The zero-order chi connectivity index (χ0) is 20.8. The molecule has 1 amide bonds. The molecule has 4 aromatic rings. The highest BCUT2D eigenvalue weighted by molar-refractivity contribution is 5.91. The number of methoxy groups -OCH3 is 1. The van der Waals surface area contributed by atoms with Crippen LogP contribution in [0.3, 0.4) is 0 Å². The van der Waals surface area contributed by atoms with Crippen molar-refractivity contribution in [3.05, 3.63) is 89.7 Å². The lowest BCUT2D eigenvalue weighted by Gasteiger charge is -2.11. The number of carbonyl (C=O) groups excluding carboxylic acids is 1. The Bertz CT molecular complexity index is 1120. The van der Waals surface area contributed by atoms with Gasteiger partial charge in [0.05, 0.1) is 18.1 Å². The highest BCUT2D eigenvalue weighted by Crippen LogP contribution is 2.19. The van der Waals surface area contributed by atoms with Crippen molar-refractivity contribution in [3.63, 3.8) is 0 Å². The van der Waals surface area contributed by atoms with Gasteiger partial charge in [-0.3, -0.25) is 4.79 Å². The van der Waals surface area contributed by atoms with Crippen LogP contribution in [0.5, 0.6) is 5.75 Å². The van der Waals surface area contributed by atoms with Gasteiger partial charge in [-0.2, -0.15) is 0 Å². The van der Waals surface area contributed by atoms with Gasteiger partial charge in [0.25, 0.3) is 0 Å². The van der Waals surface area contributed by atoms with Crippen LogP contribution in [-0.4, -0.2) is 23.0 Å². The number of rotatable bonds is 8. The minimum absolute atomic E-state index is 0.00834. The van der Waals surface area contributed by atoms with Crippen molar-refractivity contribution in [1.82, 2.24) is 9.97 Å². The van der Waals surface area contributed by atoms with E-state index in [1.54, 1.807) is 7.11 Å². The van der Waals surface area contributed by atoms with Crippen LogP contribution in [0.2, 0.25) is 0 Å². The third-order valence-electron chi connectivity index (χ3n) is 5.14. The summed E-state index contributed by atoms with van der Waals surface area (Å²) in [5.74, 6) is 1.77. The number of ether oxygens (including phenoxy) is 1. The Morgan fingerprint density at radius 3 is 2.67 bits per heavy atom. The number of nitrogens with one attached hydrogen (secondary N) is 2. The highest BCUT2D eigenvalue weighted by atomic mass is 16.5. The lowest BCUT2D eigenvalue weighted by molar-refractivity contribution is -0.116. The van der Waals surface area contributed by atoms with Gasteiger partial charge in [-0.05, 0) is 54.3 Å². The summed E-state index contributed by atoms with van der Waals surface area (Å²) >= 11 is 0. The van der Waals surface area contributed by atoms with Crippen LogP contribution in [-0.2, 0) is 24.1 Å². The minimum Gasteiger partial charge on any atom is -0.497 e. The van der Waals surface area contributed by atoms with Gasteiger partial charge in [0.2, 0.25) is 5.91 Å². The van der Waals surface area contributed by atoms with E-state index in [1.165, 1.54) is 0 Å². The number of aromatic amines is 1. The molecule has 1 heterocycles. The number of para-hydroxylation sites is 3. The molecule has 1 aromatic heterocycles. The van der Waals surface area contributed by atoms with E-state index in [2.05, 4.69) is 21.4 Å². The van der Waals surface area contributed by atoms with E-state index in [-0.39, 0.29) is 5.91 Å². The fourth-order valence-corrected chi connectivity index (χ4v) is 3.54. The topological polar surface area (TPSA) is 67.0 Å². The van der Waals surface area contributed by atoms with Gasteiger partial charge in [-0.1, -0.05) is 42.5 Å². The molecule has 0 saturated carbocycles. The van der Waals surface area contributed by atoms with Gasteiger partial charge >= 0.3 is 0 Å². The summed E-state index contributed by atoms with van der Waals surface area (Å²) in [5.41, 5.74) is 5.08. The number of benzene rings is 3. The molecule has 0 aliphatic rings. The van der Waals surface area contributed by atoms with Crippen molar-refractivity contribution >= 4 is 22.6 Å². The highest BCUT2D eigenvalue weighted by Gasteiger charge is 2.09. The summed E-state index contributed by atoms with van der Waals surface area (Å²) in [7, 11) is 1.65. The van der Waals surface area contributed by atoms with Gasteiger partial charge in [0.15, 0.2) is 0 Å². The minimum atomic E-state index is 0.00834. The van der Waals surface area contributed by atoms with Gasteiger partial charge in [-0.25, -0.2) is 4.98 Å². The maximum atomic E-state index is 12.5. The van der Waals surface area contributed by atoms with Gasteiger partial charge < -0.3 is 15.0 Å². The van der Waals surface area contributed by atoms with E-state index in [9.17, 15) is 4.79 Å². The predicted octanol–water partition coefficient (Wildman–Crippen LogP) is 4.93. The maximum absolute atomic E-state index is 12.5. The number of aromatic nitrogens is 2. The van der Waals surface area contributed by atoms with Crippen molar-refractivity contribution in [3.8, 4) is 5.75 Å². The van der Waals surface area contributed by atoms with Crippen molar-refractivity contribution < 1.29 is 9.53 Å². The number of amides is 1. The molecular weight excluding hydrogens is 374 g/mol. The quantitative estimate of drug-likeness (QED) is 0.442. The van der Waals surface area contributed by atoms with E-state index in [0.29, 0.717) is 12.8 Å². The van der Waals surface area contributed by atoms with Gasteiger partial charge in [-0.15, -0.1) is 0 Å². The third-order valence-corrected chi connectivity index (χ3v) is 5.14. The van der Waals surface area contributed by atoms with E-state index < -0.39 is 0 Å². The number of imidazole rings is 1. The predicted molar refractivity (Wildman–Crippen MR) is 120 cm³/mol. The van der Waals surface area contributed by atoms with Gasteiger partial charge in [0.1, 0.15) is 11.6 Å². The molecule has 3 aromatic carbocycles. The first-order valence-electron chi connectivity index (χ1n) is 10.2. The van der Waals surface area contributed by atoms with Crippen molar-refractivity contribution in [2.75, 3.05) is 12.4 Å². The number of fused-ring (bicyclic) bond motifs is 1. The third kappa shape index (κ3) is 4.87. The van der Waals surface area contributed by atoms with Crippen LogP contribution in [0, 0.1) is 0 Å². The number of carbonyl (C=O) groups is 1. The Hall–Kier alpha value is -3.60.